The number of nitrogens with one attached hydrogen (secondary N) is 2. The van der Waals surface area contributed by atoms with Crippen LogP contribution in [0.4, 0.5) is 0 Å². The molecule has 6 nitrogen and oxygen atoms in total. The molecule has 0 aromatic carbocycles. The van der Waals surface area contributed by atoms with Crippen LogP contribution in [0.25, 0.3) is 11.6 Å². The summed E-state index contributed by atoms with van der Waals surface area (Å²) in [5.74, 6) is 0.758. The number of aromatic amines is 2. The molecular weight excluding hydrogens is 170 g/mol. The van der Waals surface area contributed by atoms with E-state index in [0.717, 1.165) is 5.56 Å². The molecular formula is C7H7N5O. The minimum Gasteiger partial charge on any atom is -0.286 e. The third kappa shape index (κ3) is 1.46. The number of nitrogens with zero attached hydrogens (tertiary/aromatic N) is 3. The molecule has 6 heteroatoms. The SMILES string of the molecule is Cc1cnc(-c2n[nH]c(=O)[nH]2)nc1. The molecule has 0 saturated heterocycles. The predicted molar refractivity (Wildman–Crippen MR) is 45.0 cm³/mol. The van der Waals surface area contributed by atoms with Crippen LogP contribution in [0.3, 0.4) is 0 Å². The van der Waals surface area contributed by atoms with Crippen LogP contribution in [-0.4, -0.2) is 25.1 Å². The normalized spacial score (nSPS) is 10.2. The van der Waals surface area contributed by atoms with Gasteiger partial charge in [-0.05, 0) is 12.5 Å². The van der Waals surface area contributed by atoms with Crippen molar-refractivity contribution in [3.05, 3.63) is 28.4 Å². The summed E-state index contributed by atoms with van der Waals surface area (Å²) in [5, 5.41) is 5.94. The molecule has 0 amide bonds. The molecule has 2 aromatic rings. The van der Waals surface area contributed by atoms with E-state index in [1.807, 2.05) is 6.92 Å². The molecule has 0 unspecified atom stereocenters. The second-order valence-corrected chi connectivity index (χ2v) is 2.61. The Hall–Kier alpha value is -1.98. The highest BCUT2D eigenvalue weighted by Gasteiger charge is 2.03. The summed E-state index contributed by atoms with van der Waals surface area (Å²) in [4.78, 5) is 21.2. The van der Waals surface area contributed by atoms with E-state index in [-0.39, 0.29) is 5.69 Å². The van der Waals surface area contributed by atoms with Gasteiger partial charge in [-0.25, -0.2) is 19.9 Å². The first-order chi connectivity index (χ1) is 6.25. The van der Waals surface area contributed by atoms with E-state index in [1.165, 1.54) is 0 Å². The first-order valence-electron chi connectivity index (χ1n) is 3.69. The van der Waals surface area contributed by atoms with Crippen molar-refractivity contribution in [2.24, 2.45) is 0 Å². The van der Waals surface area contributed by atoms with E-state index in [1.54, 1.807) is 12.4 Å². The van der Waals surface area contributed by atoms with Crippen LogP contribution in [0.15, 0.2) is 17.2 Å². The van der Waals surface area contributed by atoms with Gasteiger partial charge in [0.05, 0.1) is 0 Å². The monoisotopic (exact) mass is 177 g/mol. The van der Waals surface area contributed by atoms with Crippen LogP contribution in [0.5, 0.6) is 0 Å². The maximum Gasteiger partial charge on any atom is 0.341 e. The third-order valence-electron chi connectivity index (χ3n) is 1.49. The molecule has 2 aromatic heterocycles. The molecule has 0 bridgehead atoms. The van der Waals surface area contributed by atoms with Gasteiger partial charge in [0.2, 0.25) is 0 Å². The van der Waals surface area contributed by atoms with E-state index < -0.39 is 0 Å². The number of hydrogen-bond donors (Lipinski definition) is 2. The Balaban J connectivity index is 2.47. The number of H-pyrrole nitrogens is 2. The maximum absolute atomic E-state index is 10.7. The number of aryl methyl sites for hydroxylation is 1. The van der Waals surface area contributed by atoms with Crippen molar-refractivity contribution in [1.29, 1.82) is 0 Å². The minimum atomic E-state index is -0.362. The zero-order valence-corrected chi connectivity index (χ0v) is 6.90. The van der Waals surface area contributed by atoms with Crippen molar-refractivity contribution in [2.75, 3.05) is 0 Å². The van der Waals surface area contributed by atoms with Gasteiger partial charge in [-0.3, -0.25) is 4.98 Å². The Kier molecular flexibility index (Phi) is 1.66. The molecule has 2 heterocycles. The molecule has 2 rings (SSSR count). The first-order valence-corrected chi connectivity index (χ1v) is 3.69. The standard InChI is InChI=1S/C7H7N5O/c1-4-2-8-5(9-3-4)6-10-7(13)12-11-6/h2-3H,1H3,(H2,10,11,12,13). The molecule has 0 saturated carbocycles. The van der Waals surface area contributed by atoms with E-state index in [2.05, 4.69) is 25.1 Å². The lowest BCUT2D eigenvalue weighted by Crippen LogP contribution is -2.00. The summed E-state index contributed by atoms with van der Waals surface area (Å²) in [6.07, 6.45) is 3.32. The van der Waals surface area contributed by atoms with E-state index >= 15 is 0 Å². The first kappa shape index (κ1) is 7.66. The van der Waals surface area contributed by atoms with Gasteiger partial charge in [-0.15, -0.1) is 5.10 Å². The molecule has 0 spiro atoms. The Labute approximate surface area is 73.1 Å². The summed E-state index contributed by atoms with van der Waals surface area (Å²) < 4.78 is 0. The van der Waals surface area contributed by atoms with Crippen molar-refractivity contribution >= 4 is 0 Å². The summed E-state index contributed by atoms with van der Waals surface area (Å²) in [7, 11) is 0. The average Bonchev–Trinajstić information content (AvgIpc) is 2.53. The van der Waals surface area contributed by atoms with Gasteiger partial charge < -0.3 is 0 Å². The summed E-state index contributed by atoms with van der Waals surface area (Å²) in [5.41, 5.74) is 0.598. The predicted octanol–water partition coefficient (Wildman–Crippen LogP) is -0.137. The van der Waals surface area contributed by atoms with Crippen LogP contribution in [-0.2, 0) is 0 Å². The third-order valence-corrected chi connectivity index (χ3v) is 1.49. The van der Waals surface area contributed by atoms with Crippen LogP contribution >= 0.6 is 0 Å². The molecule has 0 aliphatic rings. The van der Waals surface area contributed by atoms with E-state index in [0.29, 0.717) is 11.6 Å². The van der Waals surface area contributed by atoms with Gasteiger partial charge in [0.1, 0.15) is 0 Å². The zero-order chi connectivity index (χ0) is 9.26. The zero-order valence-electron chi connectivity index (χ0n) is 6.90. The smallest absolute Gasteiger partial charge is 0.286 e. The topological polar surface area (TPSA) is 87.3 Å². The largest absolute Gasteiger partial charge is 0.341 e. The van der Waals surface area contributed by atoms with Gasteiger partial charge in [0, 0.05) is 12.4 Å². The van der Waals surface area contributed by atoms with Crippen LogP contribution in [0.2, 0.25) is 0 Å². The van der Waals surface area contributed by atoms with Gasteiger partial charge >= 0.3 is 5.69 Å². The number of hydrogen-bond acceptors (Lipinski definition) is 4. The molecule has 2 N–H and O–H groups in total. The van der Waals surface area contributed by atoms with Crippen molar-refractivity contribution in [3.63, 3.8) is 0 Å². The average molecular weight is 177 g/mol. The van der Waals surface area contributed by atoms with Crippen molar-refractivity contribution in [3.8, 4) is 11.6 Å². The van der Waals surface area contributed by atoms with Gasteiger partial charge in [0.15, 0.2) is 11.6 Å². The lowest BCUT2D eigenvalue weighted by molar-refractivity contribution is 1.03. The Morgan fingerprint density at radius 1 is 1.31 bits per heavy atom. The maximum atomic E-state index is 10.7. The Bertz CT molecular complexity index is 454. The second-order valence-electron chi connectivity index (χ2n) is 2.61. The summed E-state index contributed by atoms with van der Waals surface area (Å²) in [6.45, 7) is 1.89. The molecule has 66 valence electrons. The molecule has 0 fully saturated rings. The quantitative estimate of drug-likeness (QED) is 0.634. The molecule has 0 radical (unpaired) electrons. The number of aromatic nitrogens is 5. The highest BCUT2D eigenvalue weighted by atomic mass is 16.1. The lowest BCUT2D eigenvalue weighted by Gasteiger charge is -1.93. The van der Waals surface area contributed by atoms with Crippen molar-refractivity contribution < 1.29 is 0 Å². The Morgan fingerprint density at radius 2 is 2.00 bits per heavy atom. The second kappa shape index (κ2) is 2.81. The Morgan fingerprint density at radius 3 is 2.54 bits per heavy atom. The summed E-state index contributed by atoms with van der Waals surface area (Å²) in [6, 6.07) is 0. The van der Waals surface area contributed by atoms with E-state index in [9.17, 15) is 4.79 Å². The highest BCUT2D eigenvalue weighted by molar-refractivity contribution is 5.40. The minimum absolute atomic E-state index is 0.352. The number of rotatable bonds is 1. The fourth-order valence-corrected chi connectivity index (χ4v) is 0.891. The molecule has 0 atom stereocenters. The van der Waals surface area contributed by atoms with Crippen molar-refractivity contribution in [2.45, 2.75) is 6.92 Å². The lowest BCUT2D eigenvalue weighted by atomic mass is 10.4. The van der Waals surface area contributed by atoms with Crippen LogP contribution in [0.1, 0.15) is 5.56 Å². The summed E-state index contributed by atoms with van der Waals surface area (Å²) >= 11 is 0. The van der Waals surface area contributed by atoms with Gasteiger partial charge in [-0.2, -0.15) is 0 Å². The highest BCUT2D eigenvalue weighted by Crippen LogP contribution is 2.04. The van der Waals surface area contributed by atoms with Gasteiger partial charge in [0.25, 0.3) is 0 Å². The van der Waals surface area contributed by atoms with Gasteiger partial charge in [-0.1, -0.05) is 0 Å². The fourth-order valence-electron chi connectivity index (χ4n) is 0.891. The van der Waals surface area contributed by atoms with Crippen molar-refractivity contribution in [1.82, 2.24) is 25.1 Å². The fraction of sp³-hybridized carbons (Fsp3) is 0.143. The molecule has 13 heavy (non-hydrogen) atoms. The van der Waals surface area contributed by atoms with Crippen LogP contribution in [0, 0.1) is 6.92 Å². The molecule has 0 aliphatic heterocycles. The molecule has 0 aliphatic carbocycles. The van der Waals surface area contributed by atoms with Crippen LogP contribution < -0.4 is 5.69 Å². The van der Waals surface area contributed by atoms with E-state index in [4.69, 9.17) is 0 Å².